The van der Waals surface area contributed by atoms with E-state index in [1.165, 1.54) is 0 Å². The molecule has 2 aromatic carbocycles. The minimum absolute atomic E-state index is 0.535. The van der Waals surface area contributed by atoms with Gasteiger partial charge >= 0.3 is 0 Å². The number of nitrogens with zero attached hydrogens (tertiary/aromatic N) is 1. The van der Waals surface area contributed by atoms with E-state index < -0.39 is 0 Å². The van der Waals surface area contributed by atoms with Crippen molar-refractivity contribution in [3.8, 4) is 11.5 Å². The first kappa shape index (κ1) is 17.0. The highest BCUT2D eigenvalue weighted by Gasteiger charge is 2.04. The van der Waals surface area contributed by atoms with Gasteiger partial charge in [0.15, 0.2) is 11.5 Å². The Bertz CT molecular complexity index is 571. The Kier molecular flexibility index (Phi) is 7.32. The van der Waals surface area contributed by atoms with Crippen molar-refractivity contribution in [1.29, 1.82) is 0 Å². The van der Waals surface area contributed by atoms with Crippen LogP contribution in [0, 0.1) is 6.92 Å². The molecular formula is C16H19BrN2O2. The van der Waals surface area contributed by atoms with Crippen molar-refractivity contribution in [3.05, 3.63) is 58.1 Å². The second-order valence-electron chi connectivity index (χ2n) is 4.25. The van der Waals surface area contributed by atoms with E-state index in [1.807, 2.05) is 49.4 Å². The van der Waals surface area contributed by atoms with E-state index in [-0.39, 0.29) is 0 Å². The number of halogens is 1. The summed E-state index contributed by atoms with van der Waals surface area (Å²) in [5.74, 6) is 5.90. The second kappa shape index (κ2) is 9.02. The summed E-state index contributed by atoms with van der Waals surface area (Å²) in [6.45, 7) is 5.46. The molecule has 2 aromatic rings. The van der Waals surface area contributed by atoms with Gasteiger partial charge in [0.25, 0.3) is 0 Å². The van der Waals surface area contributed by atoms with Crippen LogP contribution in [0.4, 0.5) is 0 Å². The van der Waals surface area contributed by atoms with Crippen molar-refractivity contribution in [3.63, 3.8) is 0 Å². The van der Waals surface area contributed by atoms with Crippen LogP contribution in [0.25, 0.3) is 0 Å². The molecule has 0 bridgehead atoms. The molecule has 0 aliphatic heterocycles. The topological polar surface area (TPSA) is 56.8 Å². The van der Waals surface area contributed by atoms with Gasteiger partial charge in [-0.3, -0.25) is 0 Å². The number of ether oxygens (including phenoxy) is 2. The number of methoxy groups -OCH3 is 1. The lowest BCUT2D eigenvalue weighted by Gasteiger charge is -2.11. The first-order valence-corrected chi connectivity index (χ1v) is 7.07. The Morgan fingerprint density at radius 2 is 1.76 bits per heavy atom. The third kappa shape index (κ3) is 5.87. The summed E-state index contributed by atoms with van der Waals surface area (Å²) in [5.41, 5.74) is 2.28. The first-order valence-electron chi connectivity index (χ1n) is 6.28. The number of hydrogen-bond donors (Lipinski definition) is 1. The minimum atomic E-state index is 0.535. The lowest BCUT2D eigenvalue weighted by Crippen LogP contribution is -1.97. The predicted octanol–water partition coefficient (Wildman–Crippen LogP) is 3.91. The van der Waals surface area contributed by atoms with E-state index in [9.17, 15) is 0 Å². The van der Waals surface area contributed by atoms with Crippen LogP contribution in [-0.4, -0.2) is 13.8 Å². The molecule has 0 aromatic heterocycles. The van der Waals surface area contributed by atoms with Crippen molar-refractivity contribution < 1.29 is 9.47 Å². The zero-order valence-electron chi connectivity index (χ0n) is 12.2. The smallest absolute Gasteiger partial charge is 0.161 e. The molecule has 5 heteroatoms. The molecule has 0 aliphatic carbocycles. The molecule has 0 radical (unpaired) electrons. The Balaban J connectivity index is 0.000000677. The maximum Gasteiger partial charge on any atom is 0.161 e. The number of rotatable bonds is 4. The largest absolute Gasteiger partial charge is 0.493 e. The Hall–Kier alpha value is -2.01. The van der Waals surface area contributed by atoms with Crippen LogP contribution >= 0.6 is 15.9 Å². The Morgan fingerprint density at radius 3 is 2.33 bits per heavy atom. The van der Waals surface area contributed by atoms with Gasteiger partial charge in [0.2, 0.25) is 0 Å². The average molecular weight is 351 g/mol. The standard InChI is InChI=1S/C15H15BrO2.CH4N2/c1-11-3-8-14(17-2)15(9-11)18-10-12-4-6-13(16)7-5-12;1-3-2/h3-9H,10H2,1-2H3;1-2H2. The third-order valence-corrected chi connectivity index (χ3v) is 3.16. The van der Waals surface area contributed by atoms with Gasteiger partial charge in [0.1, 0.15) is 6.61 Å². The summed E-state index contributed by atoms with van der Waals surface area (Å²) in [7, 11) is 1.65. The maximum absolute atomic E-state index is 5.79. The van der Waals surface area contributed by atoms with E-state index in [4.69, 9.17) is 9.47 Å². The highest BCUT2D eigenvalue weighted by molar-refractivity contribution is 9.10. The monoisotopic (exact) mass is 350 g/mol. The first-order chi connectivity index (χ1) is 10.1. The summed E-state index contributed by atoms with van der Waals surface area (Å²) >= 11 is 3.41. The second-order valence-corrected chi connectivity index (χ2v) is 5.17. The van der Waals surface area contributed by atoms with Crippen LogP contribution in [0.5, 0.6) is 11.5 Å². The number of hydrazone groups is 1. The number of benzene rings is 2. The molecule has 0 fully saturated rings. The molecule has 4 nitrogen and oxygen atoms in total. The van der Waals surface area contributed by atoms with Gasteiger partial charge in [-0.2, -0.15) is 5.10 Å². The summed E-state index contributed by atoms with van der Waals surface area (Å²) in [4.78, 5) is 0. The molecule has 0 aliphatic rings. The van der Waals surface area contributed by atoms with Gasteiger partial charge in [0.05, 0.1) is 7.11 Å². The van der Waals surface area contributed by atoms with Crippen molar-refractivity contribution >= 4 is 22.6 Å². The predicted molar refractivity (Wildman–Crippen MR) is 89.9 cm³/mol. The molecule has 0 unspecified atom stereocenters. The van der Waals surface area contributed by atoms with Crippen LogP contribution in [0.2, 0.25) is 0 Å². The average Bonchev–Trinajstić information content (AvgIpc) is 2.48. The van der Waals surface area contributed by atoms with E-state index in [0.29, 0.717) is 6.61 Å². The van der Waals surface area contributed by atoms with Crippen LogP contribution < -0.4 is 15.3 Å². The van der Waals surface area contributed by atoms with Crippen molar-refractivity contribution in [2.24, 2.45) is 10.9 Å². The number of nitrogens with two attached hydrogens (primary N) is 1. The lowest BCUT2D eigenvalue weighted by molar-refractivity contribution is 0.284. The van der Waals surface area contributed by atoms with E-state index in [1.54, 1.807) is 7.11 Å². The SMILES string of the molecule is C=NN.COc1ccc(C)cc1OCc1ccc(Br)cc1. The van der Waals surface area contributed by atoms with Crippen molar-refractivity contribution in [1.82, 2.24) is 0 Å². The van der Waals surface area contributed by atoms with Gasteiger partial charge in [-0.15, -0.1) is 0 Å². The number of aryl methyl sites for hydroxylation is 1. The summed E-state index contributed by atoms with van der Waals surface area (Å²) in [5, 5.41) is 2.75. The van der Waals surface area contributed by atoms with Crippen LogP contribution in [0.15, 0.2) is 52.0 Å². The van der Waals surface area contributed by atoms with Crippen LogP contribution in [0.1, 0.15) is 11.1 Å². The fourth-order valence-electron chi connectivity index (χ4n) is 1.64. The Morgan fingerprint density at radius 1 is 1.14 bits per heavy atom. The van der Waals surface area contributed by atoms with Gasteiger partial charge in [-0.25, -0.2) is 0 Å². The molecule has 0 atom stereocenters. The Labute approximate surface area is 133 Å². The third-order valence-electron chi connectivity index (χ3n) is 2.63. The summed E-state index contributed by atoms with van der Waals surface area (Å²) in [6, 6.07) is 14.0. The molecule has 112 valence electrons. The quantitative estimate of drug-likeness (QED) is 0.516. The maximum atomic E-state index is 5.79. The molecule has 0 amide bonds. The van der Waals surface area contributed by atoms with Crippen molar-refractivity contribution in [2.45, 2.75) is 13.5 Å². The summed E-state index contributed by atoms with van der Waals surface area (Å²) < 4.78 is 12.1. The van der Waals surface area contributed by atoms with Crippen LogP contribution in [0.3, 0.4) is 0 Å². The fraction of sp³-hybridized carbons (Fsp3) is 0.188. The normalized spacial score (nSPS) is 9.29. The molecular weight excluding hydrogens is 332 g/mol. The van der Waals surface area contributed by atoms with Gasteiger partial charge in [-0.1, -0.05) is 34.1 Å². The minimum Gasteiger partial charge on any atom is -0.493 e. The van der Waals surface area contributed by atoms with Gasteiger partial charge in [0, 0.05) is 11.2 Å². The molecule has 2 rings (SSSR count). The lowest BCUT2D eigenvalue weighted by atomic mass is 10.2. The molecule has 2 N–H and O–H groups in total. The molecule has 0 saturated carbocycles. The van der Waals surface area contributed by atoms with Crippen molar-refractivity contribution in [2.75, 3.05) is 7.11 Å². The molecule has 0 heterocycles. The van der Waals surface area contributed by atoms with Gasteiger partial charge < -0.3 is 15.3 Å². The molecule has 21 heavy (non-hydrogen) atoms. The molecule has 0 saturated heterocycles. The zero-order chi connectivity index (χ0) is 15.7. The van der Waals surface area contributed by atoms with E-state index in [0.717, 1.165) is 27.1 Å². The zero-order valence-corrected chi connectivity index (χ0v) is 13.8. The van der Waals surface area contributed by atoms with Crippen LogP contribution in [-0.2, 0) is 6.61 Å². The highest BCUT2D eigenvalue weighted by atomic mass is 79.9. The van der Waals surface area contributed by atoms with Gasteiger partial charge in [-0.05, 0) is 42.3 Å². The number of hydrogen-bond acceptors (Lipinski definition) is 4. The van der Waals surface area contributed by atoms with E-state index in [2.05, 4.69) is 33.6 Å². The molecule has 0 spiro atoms. The summed E-state index contributed by atoms with van der Waals surface area (Å²) in [6.07, 6.45) is 0. The highest BCUT2D eigenvalue weighted by Crippen LogP contribution is 2.28. The fourth-order valence-corrected chi connectivity index (χ4v) is 1.90. The van der Waals surface area contributed by atoms with E-state index >= 15 is 0 Å².